The van der Waals surface area contributed by atoms with Crippen molar-refractivity contribution in [3.8, 4) is 0 Å². The molecule has 0 spiro atoms. The van der Waals surface area contributed by atoms with Crippen molar-refractivity contribution in [1.82, 2.24) is 9.88 Å². The topological polar surface area (TPSA) is 74.3 Å². The molecule has 24 heavy (non-hydrogen) atoms. The number of rotatable bonds is 2. The molecular weight excluding hydrogens is 338 g/mol. The van der Waals surface area contributed by atoms with Crippen molar-refractivity contribution in [2.24, 2.45) is 0 Å². The highest BCUT2D eigenvalue weighted by Gasteiger charge is 2.22. The second kappa shape index (κ2) is 6.62. The zero-order chi connectivity index (χ0) is 17.3. The first-order valence-corrected chi connectivity index (χ1v) is 7.98. The van der Waals surface area contributed by atoms with Gasteiger partial charge in [0, 0.05) is 30.5 Å². The van der Waals surface area contributed by atoms with E-state index < -0.39 is 29.1 Å². The molecule has 2 heterocycles. The summed E-state index contributed by atoms with van der Waals surface area (Å²) in [5.41, 5.74) is 0.514. The van der Waals surface area contributed by atoms with Crippen LogP contribution in [0.15, 0.2) is 18.2 Å². The summed E-state index contributed by atoms with van der Waals surface area (Å²) in [7, 11) is 1.99. The molecule has 126 valence electrons. The number of benzene rings is 1. The Morgan fingerprint density at radius 3 is 2.79 bits per heavy atom. The van der Waals surface area contributed by atoms with Gasteiger partial charge in [0.1, 0.15) is 11.6 Å². The number of hydrogen-bond acceptors (Lipinski definition) is 5. The molecule has 1 aromatic carbocycles. The maximum Gasteiger partial charge on any atom is 0.315 e. The van der Waals surface area contributed by atoms with Gasteiger partial charge in [0.05, 0.1) is 11.4 Å². The molecule has 2 N–H and O–H groups in total. The first kappa shape index (κ1) is 16.5. The predicted octanol–water partition coefficient (Wildman–Crippen LogP) is 1.99. The van der Waals surface area contributed by atoms with E-state index in [1.165, 1.54) is 11.3 Å². The fraction of sp³-hybridized carbons (Fsp3) is 0.267. The Bertz CT molecular complexity index is 809. The van der Waals surface area contributed by atoms with Crippen LogP contribution in [0.5, 0.6) is 0 Å². The molecule has 0 aliphatic carbocycles. The molecule has 0 unspecified atom stereocenters. The van der Waals surface area contributed by atoms with Gasteiger partial charge in [-0.05, 0) is 19.2 Å². The number of anilines is 2. The van der Waals surface area contributed by atoms with Gasteiger partial charge in [-0.2, -0.15) is 0 Å². The molecule has 0 atom stereocenters. The lowest BCUT2D eigenvalue weighted by Crippen LogP contribution is -2.29. The summed E-state index contributed by atoms with van der Waals surface area (Å²) in [4.78, 5) is 31.2. The van der Waals surface area contributed by atoms with Crippen LogP contribution in [0.25, 0.3) is 0 Å². The van der Waals surface area contributed by atoms with E-state index >= 15 is 0 Å². The molecule has 0 saturated carbocycles. The van der Waals surface area contributed by atoms with E-state index in [1.54, 1.807) is 0 Å². The van der Waals surface area contributed by atoms with Crippen molar-refractivity contribution in [1.29, 1.82) is 0 Å². The minimum atomic E-state index is -1.09. The zero-order valence-electron chi connectivity index (χ0n) is 12.7. The van der Waals surface area contributed by atoms with Crippen molar-refractivity contribution in [2.75, 3.05) is 24.2 Å². The lowest BCUT2D eigenvalue weighted by atomic mass is 10.2. The highest BCUT2D eigenvalue weighted by molar-refractivity contribution is 7.16. The van der Waals surface area contributed by atoms with Crippen LogP contribution in [0.4, 0.5) is 19.6 Å². The molecule has 3 rings (SSSR count). The minimum Gasteiger partial charge on any atom is -0.315 e. The third-order valence-electron chi connectivity index (χ3n) is 3.53. The Labute approximate surface area is 140 Å². The lowest BCUT2D eigenvalue weighted by Gasteiger charge is -2.20. The maximum absolute atomic E-state index is 13.5. The van der Waals surface area contributed by atoms with E-state index in [0.29, 0.717) is 5.13 Å². The Morgan fingerprint density at radius 1 is 1.25 bits per heavy atom. The van der Waals surface area contributed by atoms with Crippen LogP contribution in [-0.2, 0) is 22.6 Å². The molecule has 1 aromatic heterocycles. The van der Waals surface area contributed by atoms with Crippen molar-refractivity contribution in [3.05, 3.63) is 40.4 Å². The van der Waals surface area contributed by atoms with Gasteiger partial charge in [0.2, 0.25) is 0 Å². The van der Waals surface area contributed by atoms with Crippen LogP contribution in [-0.4, -0.2) is 35.3 Å². The number of fused-ring (bicyclic) bond motifs is 1. The highest BCUT2D eigenvalue weighted by Crippen LogP contribution is 2.27. The molecule has 0 bridgehead atoms. The van der Waals surface area contributed by atoms with Gasteiger partial charge in [0.15, 0.2) is 5.13 Å². The van der Waals surface area contributed by atoms with Crippen LogP contribution < -0.4 is 10.6 Å². The van der Waals surface area contributed by atoms with Crippen molar-refractivity contribution < 1.29 is 18.4 Å². The molecule has 1 aliphatic rings. The molecule has 2 aromatic rings. The summed E-state index contributed by atoms with van der Waals surface area (Å²) in [5.74, 6) is -3.63. The van der Waals surface area contributed by atoms with E-state index in [1.807, 2.05) is 12.4 Å². The first-order valence-electron chi connectivity index (χ1n) is 7.17. The number of hydrogen-bond donors (Lipinski definition) is 2. The number of aromatic nitrogens is 1. The number of nitrogens with zero attached hydrogens (tertiary/aromatic N) is 2. The number of carbonyl (C=O) groups excluding carboxylic acids is 2. The fourth-order valence-electron chi connectivity index (χ4n) is 2.30. The molecule has 2 amide bonds. The normalized spacial score (nSPS) is 14.1. The Balaban J connectivity index is 1.66. The van der Waals surface area contributed by atoms with Crippen LogP contribution >= 0.6 is 11.3 Å². The molecule has 0 saturated heterocycles. The Morgan fingerprint density at radius 2 is 2.00 bits per heavy atom. The second-order valence-corrected chi connectivity index (χ2v) is 6.49. The van der Waals surface area contributed by atoms with Gasteiger partial charge in [-0.15, -0.1) is 11.3 Å². The average molecular weight is 352 g/mol. The van der Waals surface area contributed by atoms with E-state index in [0.717, 1.165) is 48.3 Å². The Kier molecular flexibility index (Phi) is 4.54. The third kappa shape index (κ3) is 3.57. The number of halogens is 2. The smallest absolute Gasteiger partial charge is 0.315 e. The van der Waals surface area contributed by atoms with Crippen molar-refractivity contribution in [2.45, 2.75) is 13.0 Å². The summed E-state index contributed by atoms with van der Waals surface area (Å²) in [5, 5.41) is 4.75. The summed E-state index contributed by atoms with van der Waals surface area (Å²) in [6.07, 6.45) is 0.777. The Hall–Kier alpha value is -2.39. The summed E-state index contributed by atoms with van der Waals surface area (Å²) in [6.45, 7) is 1.62. The van der Waals surface area contributed by atoms with Crippen LogP contribution in [0, 0.1) is 11.6 Å². The van der Waals surface area contributed by atoms with Gasteiger partial charge >= 0.3 is 11.8 Å². The number of likely N-dealkylation sites (N-methyl/N-ethyl adjacent to an activating group) is 1. The molecule has 0 radical (unpaired) electrons. The number of thiazole rings is 1. The summed E-state index contributed by atoms with van der Waals surface area (Å²) < 4.78 is 26.6. The van der Waals surface area contributed by atoms with E-state index in [4.69, 9.17) is 0 Å². The van der Waals surface area contributed by atoms with Gasteiger partial charge in [-0.1, -0.05) is 0 Å². The van der Waals surface area contributed by atoms with E-state index in [2.05, 4.69) is 15.2 Å². The molecule has 9 heteroatoms. The molecular formula is C15H14F2N4O2S. The number of amides is 2. The SMILES string of the molecule is CN1CCc2nc(NC(=O)C(=O)Nc3cc(F)ccc3F)sc2C1. The number of nitrogens with one attached hydrogen (secondary N) is 2. The second-order valence-electron chi connectivity index (χ2n) is 5.41. The molecule has 0 fully saturated rings. The quantitative estimate of drug-likeness (QED) is 0.811. The largest absolute Gasteiger partial charge is 0.315 e. The van der Waals surface area contributed by atoms with Crippen LogP contribution in [0.3, 0.4) is 0 Å². The fourth-order valence-corrected chi connectivity index (χ4v) is 3.39. The summed E-state index contributed by atoms with van der Waals surface area (Å²) >= 11 is 1.30. The molecule has 6 nitrogen and oxygen atoms in total. The number of carbonyl (C=O) groups is 2. The predicted molar refractivity (Wildman–Crippen MR) is 85.8 cm³/mol. The zero-order valence-corrected chi connectivity index (χ0v) is 13.5. The first-order chi connectivity index (χ1) is 11.4. The third-order valence-corrected chi connectivity index (χ3v) is 4.52. The minimum absolute atomic E-state index is 0.315. The van der Waals surface area contributed by atoms with E-state index in [9.17, 15) is 18.4 Å². The monoisotopic (exact) mass is 352 g/mol. The van der Waals surface area contributed by atoms with Crippen molar-refractivity contribution in [3.63, 3.8) is 0 Å². The average Bonchev–Trinajstić information content (AvgIpc) is 2.92. The standard InChI is InChI=1S/C15H14F2N4O2S/c1-21-5-4-10-12(7-21)24-15(19-10)20-14(23)13(22)18-11-6-8(16)2-3-9(11)17/h2-3,6H,4-5,7H2,1H3,(H,18,22)(H,19,20,23). The lowest BCUT2D eigenvalue weighted by molar-refractivity contribution is -0.133. The van der Waals surface area contributed by atoms with Gasteiger partial charge in [-0.3, -0.25) is 14.9 Å². The van der Waals surface area contributed by atoms with E-state index in [-0.39, 0.29) is 0 Å². The highest BCUT2D eigenvalue weighted by atomic mass is 32.1. The van der Waals surface area contributed by atoms with Crippen molar-refractivity contribution >= 4 is 34.0 Å². The maximum atomic E-state index is 13.5. The molecule has 1 aliphatic heterocycles. The van der Waals surface area contributed by atoms with Gasteiger partial charge < -0.3 is 10.2 Å². The van der Waals surface area contributed by atoms with Crippen LogP contribution in [0.2, 0.25) is 0 Å². The summed E-state index contributed by atoms with van der Waals surface area (Å²) in [6, 6.07) is 2.59. The van der Waals surface area contributed by atoms with Gasteiger partial charge in [-0.25, -0.2) is 13.8 Å². The van der Waals surface area contributed by atoms with Gasteiger partial charge in [0.25, 0.3) is 0 Å². The van der Waals surface area contributed by atoms with Crippen LogP contribution in [0.1, 0.15) is 10.6 Å².